The lowest BCUT2D eigenvalue weighted by atomic mass is 10.3. The Morgan fingerprint density at radius 1 is 1.50 bits per heavy atom. The van der Waals surface area contributed by atoms with E-state index in [1.807, 2.05) is 0 Å². The fourth-order valence-electron chi connectivity index (χ4n) is 2.12. The summed E-state index contributed by atoms with van der Waals surface area (Å²) in [6.45, 7) is 4.35. The molecule has 2 atom stereocenters. The van der Waals surface area contributed by atoms with Gasteiger partial charge in [0, 0.05) is 6.04 Å². The predicted octanol–water partition coefficient (Wildman–Crippen LogP) is 3.21. The Balaban J connectivity index is 1.92. The lowest BCUT2D eigenvalue weighted by Crippen LogP contribution is -2.06. The first kappa shape index (κ1) is 10.0. The maximum Gasteiger partial charge on any atom is 0.147 e. The highest BCUT2D eigenvalue weighted by molar-refractivity contribution is 7.18. The molecule has 1 fully saturated rings. The van der Waals surface area contributed by atoms with Crippen LogP contribution in [0.25, 0.3) is 10.2 Å². The highest BCUT2D eigenvalue weighted by atomic mass is 32.1. The van der Waals surface area contributed by atoms with Crippen LogP contribution in [0.1, 0.15) is 25.3 Å². The van der Waals surface area contributed by atoms with Crippen molar-refractivity contribution in [3.63, 3.8) is 0 Å². The fraction of sp³-hybridized carbons (Fsp3) is 0.500. The summed E-state index contributed by atoms with van der Waals surface area (Å²) in [7, 11) is 0. The van der Waals surface area contributed by atoms with Crippen molar-refractivity contribution in [2.75, 3.05) is 5.32 Å². The third-order valence-electron chi connectivity index (χ3n) is 3.30. The van der Waals surface area contributed by atoms with Gasteiger partial charge in [-0.3, -0.25) is 0 Å². The minimum absolute atomic E-state index is 0.630. The van der Waals surface area contributed by atoms with Crippen LogP contribution in [-0.4, -0.2) is 16.0 Å². The van der Waals surface area contributed by atoms with E-state index in [1.165, 1.54) is 23.1 Å². The van der Waals surface area contributed by atoms with Crippen LogP contribution >= 0.6 is 11.3 Å². The molecule has 1 saturated carbocycles. The molecule has 0 saturated heterocycles. The molecular weight excluding hydrogens is 218 g/mol. The van der Waals surface area contributed by atoms with Gasteiger partial charge in [-0.1, -0.05) is 13.3 Å². The van der Waals surface area contributed by atoms with Crippen molar-refractivity contribution in [3.8, 4) is 0 Å². The summed E-state index contributed by atoms with van der Waals surface area (Å²) in [6.07, 6.45) is 4.20. The second kappa shape index (κ2) is 3.70. The van der Waals surface area contributed by atoms with E-state index in [0.29, 0.717) is 6.04 Å². The lowest BCUT2D eigenvalue weighted by Gasteiger charge is -2.04. The Morgan fingerprint density at radius 2 is 2.38 bits per heavy atom. The van der Waals surface area contributed by atoms with E-state index in [0.717, 1.165) is 17.3 Å². The highest BCUT2D eigenvalue weighted by Gasteiger charge is 2.35. The van der Waals surface area contributed by atoms with Crippen LogP contribution in [0.15, 0.2) is 11.7 Å². The number of nitrogens with one attached hydrogen (secondary N) is 1. The number of hydrogen-bond donors (Lipinski definition) is 1. The van der Waals surface area contributed by atoms with Gasteiger partial charge in [-0.25, -0.2) is 9.97 Å². The topological polar surface area (TPSA) is 37.8 Å². The highest BCUT2D eigenvalue weighted by Crippen LogP contribution is 2.38. The molecule has 2 heterocycles. The molecule has 3 nitrogen and oxygen atoms in total. The monoisotopic (exact) mass is 233 g/mol. The van der Waals surface area contributed by atoms with Gasteiger partial charge in [0.2, 0.25) is 0 Å². The number of fused-ring (bicyclic) bond motifs is 1. The van der Waals surface area contributed by atoms with Crippen molar-refractivity contribution < 1.29 is 0 Å². The van der Waals surface area contributed by atoms with E-state index in [9.17, 15) is 0 Å². The van der Waals surface area contributed by atoms with Crippen molar-refractivity contribution in [2.45, 2.75) is 32.7 Å². The molecule has 0 aromatic carbocycles. The molecule has 0 radical (unpaired) electrons. The molecule has 1 aliphatic carbocycles. The Labute approximate surface area is 98.9 Å². The lowest BCUT2D eigenvalue weighted by molar-refractivity contribution is 0.774. The molecule has 0 aliphatic heterocycles. The van der Waals surface area contributed by atoms with E-state index < -0.39 is 0 Å². The van der Waals surface area contributed by atoms with Gasteiger partial charge < -0.3 is 5.32 Å². The first-order valence-corrected chi connectivity index (χ1v) is 6.63. The summed E-state index contributed by atoms with van der Waals surface area (Å²) in [5.41, 5.74) is 2.34. The summed E-state index contributed by atoms with van der Waals surface area (Å²) in [5.74, 6) is 1.86. The third-order valence-corrected chi connectivity index (χ3v) is 4.39. The smallest absolute Gasteiger partial charge is 0.147 e. The molecule has 4 heteroatoms. The van der Waals surface area contributed by atoms with Crippen LogP contribution in [0.5, 0.6) is 0 Å². The second-order valence-electron chi connectivity index (χ2n) is 4.47. The summed E-state index contributed by atoms with van der Waals surface area (Å²) in [4.78, 5) is 8.68. The van der Waals surface area contributed by atoms with Crippen molar-refractivity contribution in [1.29, 1.82) is 0 Å². The summed E-state index contributed by atoms with van der Waals surface area (Å²) < 4.78 is 1.20. The zero-order valence-electron chi connectivity index (χ0n) is 9.53. The Morgan fingerprint density at radius 3 is 3.12 bits per heavy atom. The number of thiophene rings is 1. The molecule has 16 heavy (non-hydrogen) atoms. The fourth-order valence-corrected chi connectivity index (χ4v) is 3.08. The van der Waals surface area contributed by atoms with Crippen LogP contribution in [0.4, 0.5) is 5.82 Å². The largest absolute Gasteiger partial charge is 0.366 e. The molecule has 3 rings (SSSR count). The van der Waals surface area contributed by atoms with Gasteiger partial charge in [0.1, 0.15) is 12.1 Å². The van der Waals surface area contributed by atoms with Crippen LogP contribution in [0.2, 0.25) is 0 Å². The normalized spacial score (nSPS) is 23.6. The molecule has 1 N–H and O–H groups in total. The molecule has 1 aliphatic rings. The summed E-state index contributed by atoms with van der Waals surface area (Å²) in [6, 6.07) is 0.630. The number of hydrogen-bond acceptors (Lipinski definition) is 4. The number of aromatic nitrogens is 2. The number of anilines is 1. The standard InChI is InChI=1S/C12H15N3S/c1-3-8-4-9(8)15-12-11-10(13-6-14-12)7(2)5-16-11/h5-6,8-9H,3-4H2,1-2H3,(H,13,14,15). The van der Waals surface area contributed by atoms with Crippen LogP contribution in [0, 0.1) is 12.8 Å². The van der Waals surface area contributed by atoms with Crippen molar-refractivity contribution in [2.24, 2.45) is 5.92 Å². The molecule has 2 aromatic heterocycles. The van der Waals surface area contributed by atoms with Gasteiger partial charge in [0.05, 0.1) is 10.2 Å². The average Bonchev–Trinajstić information content (AvgIpc) is 2.95. The average molecular weight is 233 g/mol. The molecule has 84 valence electrons. The third kappa shape index (κ3) is 1.57. The zero-order valence-corrected chi connectivity index (χ0v) is 10.3. The van der Waals surface area contributed by atoms with E-state index >= 15 is 0 Å². The second-order valence-corrected chi connectivity index (χ2v) is 5.35. The Hall–Kier alpha value is -1.16. The molecule has 0 amide bonds. The molecule has 2 unspecified atom stereocenters. The Bertz CT molecular complexity index is 520. The van der Waals surface area contributed by atoms with Gasteiger partial charge in [0.25, 0.3) is 0 Å². The maximum atomic E-state index is 4.36. The van der Waals surface area contributed by atoms with Crippen LogP contribution in [-0.2, 0) is 0 Å². The Kier molecular flexibility index (Phi) is 2.32. The molecule has 0 spiro atoms. The SMILES string of the molecule is CCC1CC1Nc1ncnc2c(C)csc12. The minimum atomic E-state index is 0.630. The molecule has 0 bridgehead atoms. The van der Waals surface area contributed by atoms with E-state index in [1.54, 1.807) is 17.7 Å². The maximum absolute atomic E-state index is 4.36. The number of aryl methyl sites for hydroxylation is 1. The number of nitrogens with zero attached hydrogens (tertiary/aromatic N) is 2. The minimum Gasteiger partial charge on any atom is -0.366 e. The summed E-state index contributed by atoms with van der Waals surface area (Å²) >= 11 is 1.73. The number of rotatable bonds is 3. The first-order valence-electron chi connectivity index (χ1n) is 5.75. The molecular formula is C12H15N3S. The van der Waals surface area contributed by atoms with Crippen LogP contribution < -0.4 is 5.32 Å². The van der Waals surface area contributed by atoms with Gasteiger partial charge in [-0.05, 0) is 30.2 Å². The van der Waals surface area contributed by atoms with Gasteiger partial charge in [0.15, 0.2) is 0 Å². The predicted molar refractivity (Wildman–Crippen MR) is 68.0 cm³/mol. The van der Waals surface area contributed by atoms with Crippen LogP contribution in [0.3, 0.4) is 0 Å². The van der Waals surface area contributed by atoms with Crippen molar-refractivity contribution >= 4 is 27.4 Å². The van der Waals surface area contributed by atoms with Gasteiger partial charge in [-0.15, -0.1) is 11.3 Å². The van der Waals surface area contributed by atoms with Gasteiger partial charge in [-0.2, -0.15) is 0 Å². The zero-order chi connectivity index (χ0) is 11.1. The van der Waals surface area contributed by atoms with E-state index in [4.69, 9.17) is 0 Å². The van der Waals surface area contributed by atoms with Crippen molar-refractivity contribution in [3.05, 3.63) is 17.3 Å². The van der Waals surface area contributed by atoms with E-state index in [-0.39, 0.29) is 0 Å². The van der Waals surface area contributed by atoms with Crippen molar-refractivity contribution in [1.82, 2.24) is 9.97 Å². The summed E-state index contributed by atoms with van der Waals surface area (Å²) in [5, 5.41) is 5.68. The molecule has 2 aromatic rings. The quantitative estimate of drug-likeness (QED) is 0.884. The first-order chi connectivity index (χ1) is 7.79. The van der Waals surface area contributed by atoms with E-state index in [2.05, 4.69) is 34.5 Å². The van der Waals surface area contributed by atoms with Gasteiger partial charge >= 0.3 is 0 Å².